The number of amides is 1. The van der Waals surface area contributed by atoms with Crippen LogP contribution in [0.5, 0.6) is 0 Å². The maximum Gasteiger partial charge on any atom is 0.325 e. The van der Waals surface area contributed by atoms with E-state index in [9.17, 15) is 14.7 Å². The lowest BCUT2D eigenvalue weighted by atomic mass is 10.1. The first-order chi connectivity index (χ1) is 15.1. The summed E-state index contributed by atoms with van der Waals surface area (Å²) in [6.07, 6.45) is 4.56. The number of anilines is 1. The number of carbonyl (C=O) groups excluding carboxylic acids is 1. The summed E-state index contributed by atoms with van der Waals surface area (Å²) in [7, 11) is 0. The zero-order valence-corrected chi connectivity index (χ0v) is 17.7. The number of carboxylic acid groups (broad SMARTS) is 1. The number of aliphatic carboxylic acids is 1. The molecule has 1 aromatic carbocycles. The molecule has 2 aliphatic heterocycles. The zero-order valence-electron chi connectivity index (χ0n) is 17.7. The maximum atomic E-state index is 12.6. The Labute approximate surface area is 182 Å². The molecular weight excluding hydrogens is 392 g/mol. The van der Waals surface area contributed by atoms with Crippen molar-refractivity contribution in [2.24, 2.45) is 5.92 Å². The van der Waals surface area contributed by atoms with Gasteiger partial charge in [-0.3, -0.25) is 14.5 Å². The first-order valence-electron chi connectivity index (χ1n) is 11.1. The smallest absolute Gasteiger partial charge is 0.325 e. The van der Waals surface area contributed by atoms with Gasteiger partial charge in [-0.15, -0.1) is 0 Å². The molecule has 1 unspecified atom stereocenters. The minimum absolute atomic E-state index is 0.0137. The summed E-state index contributed by atoms with van der Waals surface area (Å²) in [6.45, 7) is 2.65. The van der Waals surface area contributed by atoms with Gasteiger partial charge in [0.1, 0.15) is 11.9 Å². The Morgan fingerprint density at radius 3 is 2.87 bits per heavy atom. The van der Waals surface area contributed by atoms with E-state index in [0.717, 1.165) is 49.3 Å². The molecule has 31 heavy (non-hydrogen) atoms. The van der Waals surface area contributed by atoms with E-state index in [1.54, 1.807) is 0 Å². The number of hydrogen-bond acceptors (Lipinski definition) is 5. The molecule has 164 valence electrons. The molecule has 1 saturated heterocycles. The Balaban J connectivity index is 1.24. The number of hydrogen-bond donors (Lipinski definition) is 3. The number of rotatable bonds is 8. The second-order valence-corrected chi connectivity index (χ2v) is 8.37. The minimum atomic E-state index is -0.876. The molecule has 2 aliphatic rings. The van der Waals surface area contributed by atoms with Crippen LogP contribution in [0, 0.1) is 5.92 Å². The van der Waals surface area contributed by atoms with Crippen molar-refractivity contribution in [3.63, 3.8) is 0 Å². The van der Waals surface area contributed by atoms with Gasteiger partial charge in [0, 0.05) is 31.9 Å². The van der Waals surface area contributed by atoms with Gasteiger partial charge in [0.2, 0.25) is 5.91 Å². The molecule has 0 bridgehead atoms. The molecule has 4 rings (SSSR count). The van der Waals surface area contributed by atoms with Crippen molar-refractivity contribution < 1.29 is 14.7 Å². The topological polar surface area (TPSA) is 94.6 Å². The van der Waals surface area contributed by atoms with Crippen LogP contribution in [0.25, 0.3) is 0 Å². The normalized spacial score (nSPS) is 19.3. The van der Waals surface area contributed by atoms with E-state index >= 15 is 0 Å². The number of aryl methyl sites for hydroxylation is 2. The number of carboxylic acids is 1. The van der Waals surface area contributed by atoms with Crippen LogP contribution in [0.4, 0.5) is 5.82 Å². The van der Waals surface area contributed by atoms with Crippen LogP contribution in [0.3, 0.4) is 0 Å². The molecule has 7 nitrogen and oxygen atoms in total. The second-order valence-electron chi connectivity index (χ2n) is 8.37. The highest BCUT2D eigenvalue weighted by molar-refractivity contribution is 5.80. The van der Waals surface area contributed by atoms with E-state index in [1.165, 1.54) is 5.56 Å². The van der Waals surface area contributed by atoms with Crippen molar-refractivity contribution in [2.75, 3.05) is 31.5 Å². The SMILES string of the molecule is O=C(O)C(c1ccccc1)N1CC[C@H](C(=O)NCCCc2ccc3c(n2)NCCC3)C1. The minimum Gasteiger partial charge on any atom is -0.480 e. The van der Waals surface area contributed by atoms with E-state index in [-0.39, 0.29) is 11.8 Å². The molecule has 1 fully saturated rings. The number of pyridine rings is 1. The molecule has 3 heterocycles. The molecule has 0 aliphatic carbocycles. The lowest BCUT2D eigenvalue weighted by Gasteiger charge is -2.24. The number of benzene rings is 1. The van der Waals surface area contributed by atoms with Gasteiger partial charge in [0.05, 0.1) is 5.92 Å². The summed E-state index contributed by atoms with van der Waals surface area (Å²) in [5, 5.41) is 16.1. The number of fused-ring (bicyclic) bond motifs is 1. The summed E-state index contributed by atoms with van der Waals surface area (Å²) < 4.78 is 0. The molecule has 7 heteroatoms. The lowest BCUT2D eigenvalue weighted by Crippen LogP contribution is -2.36. The molecule has 2 aromatic rings. The third kappa shape index (κ3) is 5.22. The second kappa shape index (κ2) is 9.92. The monoisotopic (exact) mass is 422 g/mol. The molecular formula is C24H30N4O3. The standard InChI is InChI=1S/C24H30N4O3/c29-23(26-14-5-9-20-11-10-18-8-4-13-25-22(18)27-20)19-12-15-28(16-19)21(24(30)31)17-6-2-1-3-7-17/h1-3,6-7,10-11,19,21H,4-5,8-9,12-16H2,(H,25,27)(H,26,29)(H,30,31)/t19-,21?/m0/s1. The fourth-order valence-corrected chi connectivity index (χ4v) is 4.51. The maximum absolute atomic E-state index is 12.6. The summed E-state index contributed by atoms with van der Waals surface area (Å²) in [5.74, 6) is -0.0269. The Morgan fingerprint density at radius 2 is 2.06 bits per heavy atom. The Kier molecular flexibility index (Phi) is 6.82. The largest absolute Gasteiger partial charge is 0.480 e. The first-order valence-corrected chi connectivity index (χ1v) is 11.1. The van der Waals surface area contributed by atoms with Gasteiger partial charge in [-0.25, -0.2) is 4.98 Å². The van der Waals surface area contributed by atoms with Gasteiger partial charge in [0.15, 0.2) is 0 Å². The predicted molar refractivity (Wildman–Crippen MR) is 119 cm³/mol. The first kappa shape index (κ1) is 21.3. The number of carbonyl (C=O) groups is 2. The number of nitrogens with zero attached hydrogens (tertiary/aromatic N) is 2. The van der Waals surface area contributed by atoms with Gasteiger partial charge < -0.3 is 15.7 Å². The molecule has 1 amide bonds. The third-order valence-electron chi connectivity index (χ3n) is 6.17. The van der Waals surface area contributed by atoms with Crippen LogP contribution < -0.4 is 10.6 Å². The van der Waals surface area contributed by atoms with Crippen LogP contribution in [0.15, 0.2) is 42.5 Å². The van der Waals surface area contributed by atoms with Crippen LogP contribution in [0.1, 0.15) is 42.1 Å². The summed E-state index contributed by atoms with van der Waals surface area (Å²) >= 11 is 0. The fraction of sp³-hybridized carbons (Fsp3) is 0.458. The fourth-order valence-electron chi connectivity index (χ4n) is 4.51. The summed E-state index contributed by atoms with van der Waals surface area (Å²) in [6, 6.07) is 12.8. The van der Waals surface area contributed by atoms with Crippen molar-refractivity contribution in [2.45, 2.75) is 38.1 Å². The van der Waals surface area contributed by atoms with Crippen molar-refractivity contribution in [1.82, 2.24) is 15.2 Å². The molecule has 2 atom stereocenters. The quantitative estimate of drug-likeness (QED) is 0.566. The summed E-state index contributed by atoms with van der Waals surface area (Å²) in [4.78, 5) is 31.0. The van der Waals surface area contributed by atoms with Crippen molar-refractivity contribution in [3.8, 4) is 0 Å². The Bertz CT molecular complexity index is 918. The highest BCUT2D eigenvalue weighted by Crippen LogP contribution is 2.28. The molecule has 1 aromatic heterocycles. The highest BCUT2D eigenvalue weighted by atomic mass is 16.4. The average molecular weight is 423 g/mol. The molecule has 0 radical (unpaired) electrons. The highest BCUT2D eigenvalue weighted by Gasteiger charge is 2.36. The van der Waals surface area contributed by atoms with E-state index in [4.69, 9.17) is 4.98 Å². The Morgan fingerprint density at radius 1 is 1.23 bits per heavy atom. The van der Waals surface area contributed by atoms with Gasteiger partial charge in [-0.2, -0.15) is 0 Å². The van der Waals surface area contributed by atoms with Crippen LogP contribution >= 0.6 is 0 Å². The summed E-state index contributed by atoms with van der Waals surface area (Å²) in [5.41, 5.74) is 3.08. The zero-order chi connectivity index (χ0) is 21.6. The van der Waals surface area contributed by atoms with Crippen molar-refractivity contribution >= 4 is 17.7 Å². The Hall–Kier alpha value is -2.93. The van der Waals surface area contributed by atoms with E-state index in [2.05, 4.69) is 22.8 Å². The van der Waals surface area contributed by atoms with Crippen molar-refractivity contribution in [1.29, 1.82) is 0 Å². The molecule has 3 N–H and O–H groups in total. The van der Waals surface area contributed by atoms with Crippen LogP contribution in [0.2, 0.25) is 0 Å². The molecule has 0 saturated carbocycles. The van der Waals surface area contributed by atoms with E-state index < -0.39 is 12.0 Å². The number of aromatic nitrogens is 1. The van der Waals surface area contributed by atoms with Gasteiger partial charge in [0.25, 0.3) is 0 Å². The average Bonchev–Trinajstić information content (AvgIpc) is 3.27. The molecule has 0 spiro atoms. The van der Waals surface area contributed by atoms with Crippen molar-refractivity contribution in [3.05, 3.63) is 59.3 Å². The number of likely N-dealkylation sites (tertiary alicyclic amines) is 1. The predicted octanol–water partition coefficient (Wildman–Crippen LogP) is 2.64. The van der Waals surface area contributed by atoms with Crippen LogP contribution in [-0.2, 0) is 22.4 Å². The van der Waals surface area contributed by atoms with E-state index in [1.807, 2.05) is 35.2 Å². The van der Waals surface area contributed by atoms with Crippen LogP contribution in [-0.4, -0.2) is 53.0 Å². The number of nitrogens with one attached hydrogen (secondary N) is 2. The van der Waals surface area contributed by atoms with Gasteiger partial charge in [-0.05, 0) is 49.3 Å². The third-order valence-corrected chi connectivity index (χ3v) is 6.17. The van der Waals surface area contributed by atoms with Gasteiger partial charge in [-0.1, -0.05) is 36.4 Å². The van der Waals surface area contributed by atoms with Gasteiger partial charge >= 0.3 is 5.97 Å². The lowest BCUT2D eigenvalue weighted by molar-refractivity contribution is -0.143. The van der Waals surface area contributed by atoms with E-state index in [0.29, 0.717) is 26.1 Å².